The van der Waals surface area contributed by atoms with E-state index in [0.29, 0.717) is 34.4 Å². The third-order valence-electron chi connectivity index (χ3n) is 4.25. The lowest BCUT2D eigenvalue weighted by Gasteiger charge is -2.07. The van der Waals surface area contributed by atoms with E-state index in [-0.39, 0.29) is 18.8 Å². The molecule has 4 aromatic rings. The van der Waals surface area contributed by atoms with Crippen molar-refractivity contribution in [2.75, 3.05) is 0 Å². The molecule has 9 heteroatoms. The van der Waals surface area contributed by atoms with E-state index in [1.165, 1.54) is 10.5 Å². The lowest BCUT2D eigenvalue weighted by Crippen LogP contribution is -2.16. The summed E-state index contributed by atoms with van der Waals surface area (Å²) in [5.41, 5.74) is 1.99. The number of ether oxygens (including phenoxy) is 2. The average Bonchev–Trinajstić information content (AvgIpc) is 3.15. The number of aryl methyl sites for hydroxylation is 2. The predicted octanol–water partition coefficient (Wildman–Crippen LogP) is 2.63. The molecule has 0 atom stereocenters. The quantitative estimate of drug-likeness (QED) is 0.450. The summed E-state index contributed by atoms with van der Waals surface area (Å²) in [5.74, 6) is 0.922. The van der Waals surface area contributed by atoms with Crippen molar-refractivity contribution in [3.63, 3.8) is 0 Å². The van der Waals surface area contributed by atoms with Crippen molar-refractivity contribution in [1.29, 1.82) is 0 Å². The van der Waals surface area contributed by atoms with Crippen LogP contribution in [0.2, 0.25) is 0 Å². The van der Waals surface area contributed by atoms with Crippen LogP contribution >= 0.6 is 0 Å². The van der Waals surface area contributed by atoms with Crippen LogP contribution in [0, 0.1) is 13.8 Å². The molecule has 9 nitrogen and oxygen atoms in total. The molecular weight excluding hydrogens is 388 g/mol. The number of rotatable bonds is 6. The minimum atomic E-state index is -0.526. The molecule has 30 heavy (non-hydrogen) atoms. The topological polar surface area (TPSA) is 109 Å². The molecule has 1 aromatic carbocycles. The minimum Gasteiger partial charge on any atom is -0.485 e. The summed E-state index contributed by atoms with van der Waals surface area (Å²) in [7, 11) is 0. The number of carbonyl (C=O) groups is 1. The van der Waals surface area contributed by atoms with Gasteiger partial charge in [0.15, 0.2) is 6.61 Å². The van der Waals surface area contributed by atoms with Gasteiger partial charge in [-0.15, -0.1) is 0 Å². The molecule has 0 saturated heterocycles. The number of esters is 1. The van der Waals surface area contributed by atoms with Gasteiger partial charge in [0.25, 0.3) is 5.56 Å². The van der Waals surface area contributed by atoms with Crippen LogP contribution in [0.1, 0.15) is 33.3 Å². The van der Waals surface area contributed by atoms with Crippen LogP contribution in [0.3, 0.4) is 0 Å². The minimum absolute atomic E-state index is 0.103. The Morgan fingerprint density at radius 3 is 2.60 bits per heavy atom. The van der Waals surface area contributed by atoms with E-state index in [1.807, 2.05) is 13.0 Å². The van der Waals surface area contributed by atoms with Gasteiger partial charge >= 0.3 is 5.97 Å². The van der Waals surface area contributed by atoms with E-state index < -0.39 is 5.97 Å². The van der Waals surface area contributed by atoms with Crippen molar-refractivity contribution in [3.05, 3.63) is 87.6 Å². The number of aromatic nitrogens is 4. The standard InChI is InChI=1S/C21H18N4O5/c1-13-7-8-25-19(9-13)23-16(10-20(25)26)11-29-21(27)15-3-5-17(6-4-15)28-12-18-22-14(2)30-24-18/h3-10H,11-12H2,1-2H3. The normalized spacial score (nSPS) is 10.9. The van der Waals surface area contributed by atoms with Crippen LogP contribution in [-0.2, 0) is 18.0 Å². The zero-order valence-electron chi connectivity index (χ0n) is 16.4. The number of benzene rings is 1. The summed E-state index contributed by atoms with van der Waals surface area (Å²) < 4.78 is 17.2. The zero-order valence-corrected chi connectivity index (χ0v) is 16.4. The fraction of sp³-hybridized carbons (Fsp3) is 0.190. The third kappa shape index (κ3) is 4.35. The molecule has 0 bridgehead atoms. The number of carbonyl (C=O) groups excluding carboxylic acids is 1. The summed E-state index contributed by atoms with van der Waals surface area (Å²) in [6.07, 6.45) is 1.67. The summed E-state index contributed by atoms with van der Waals surface area (Å²) >= 11 is 0. The first-order valence-electron chi connectivity index (χ1n) is 9.16. The average molecular weight is 406 g/mol. The fourth-order valence-corrected chi connectivity index (χ4v) is 2.79. The van der Waals surface area contributed by atoms with Gasteiger partial charge < -0.3 is 14.0 Å². The maximum Gasteiger partial charge on any atom is 0.338 e. The molecule has 0 unspecified atom stereocenters. The van der Waals surface area contributed by atoms with Crippen LogP contribution in [-0.4, -0.2) is 25.5 Å². The molecule has 0 N–H and O–H groups in total. The second kappa shape index (κ2) is 8.16. The molecule has 0 amide bonds. The Hall–Kier alpha value is -4.01. The first-order chi connectivity index (χ1) is 14.5. The fourth-order valence-electron chi connectivity index (χ4n) is 2.79. The largest absolute Gasteiger partial charge is 0.485 e. The summed E-state index contributed by atoms with van der Waals surface area (Å²) in [5, 5.41) is 3.74. The Labute approximate surface area is 170 Å². The van der Waals surface area contributed by atoms with Gasteiger partial charge in [0.1, 0.15) is 18.0 Å². The van der Waals surface area contributed by atoms with E-state index in [2.05, 4.69) is 15.1 Å². The van der Waals surface area contributed by atoms with Crippen molar-refractivity contribution in [2.24, 2.45) is 0 Å². The predicted molar refractivity (Wildman–Crippen MR) is 105 cm³/mol. The van der Waals surface area contributed by atoms with Crippen molar-refractivity contribution in [1.82, 2.24) is 19.5 Å². The van der Waals surface area contributed by atoms with Crippen molar-refractivity contribution in [3.8, 4) is 5.75 Å². The Kier molecular flexibility index (Phi) is 5.25. The van der Waals surface area contributed by atoms with E-state index in [9.17, 15) is 9.59 Å². The van der Waals surface area contributed by atoms with Gasteiger partial charge in [-0.05, 0) is 48.9 Å². The molecule has 3 heterocycles. The maximum absolute atomic E-state index is 12.3. The van der Waals surface area contributed by atoms with E-state index in [1.54, 1.807) is 43.5 Å². The van der Waals surface area contributed by atoms with E-state index >= 15 is 0 Å². The second-order valence-electron chi connectivity index (χ2n) is 6.64. The van der Waals surface area contributed by atoms with Gasteiger partial charge in [0.2, 0.25) is 11.7 Å². The number of hydrogen-bond donors (Lipinski definition) is 0. The summed E-state index contributed by atoms with van der Waals surface area (Å²) in [6, 6.07) is 11.4. The Morgan fingerprint density at radius 1 is 1.07 bits per heavy atom. The number of pyridine rings is 1. The van der Waals surface area contributed by atoms with Crippen LogP contribution in [0.4, 0.5) is 0 Å². The van der Waals surface area contributed by atoms with Crippen LogP contribution in [0.5, 0.6) is 5.75 Å². The number of hydrogen-bond acceptors (Lipinski definition) is 8. The first kappa shape index (κ1) is 19.3. The highest BCUT2D eigenvalue weighted by molar-refractivity contribution is 5.89. The molecular formula is C21H18N4O5. The van der Waals surface area contributed by atoms with Crippen LogP contribution in [0.15, 0.2) is 58.0 Å². The first-order valence-corrected chi connectivity index (χ1v) is 9.16. The molecule has 0 aliphatic carbocycles. The van der Waals surface area contributed by atoms with Crippen LogP contribution < -0.4 is 10.3 Å². The Bertz CT molecular complexity index is 1260. The third-order valence-corrected chi connectivity index (χ3v) is 4.25. The van der Waals surface area contributed by atoms with Crippen molar-refractivity contribution >= 4 is 11.6 Å². The van der Waals surface area contributed by atoms with Gasteiger partial charge in [0, 0.05) is 19.2 Å². The van der Waals surface area contributed by atoms with Crippen LogP contribution in [0.25, 0.3) is 5.65 Å². The maximum atomic E-state index is 12.3. The van der Waals surface area contributed by atoms with Gasteiger partial charge in [-0.25, -0.2) is 9.78 Å². The second-order valence-corrected chi connectivity index (χ2v) is 6.64. The molecule has 0 radical (unpaired) electrons. The number of fused-ring (bicyclic) bond motifs is 1. The molecule has 0 fully saturated rings. The molecule has 0 spiro atoms. The van der Waals surface area contributed by atoms with Gasteiger partial charge in [-0.3, -0.25) is 9.20 Å². The molecule has 0 saturated carbocycles. The van der Waals surface area contributed by atoms with Crippen molar-refractivity contribution < 1.29 is 18.8 Å². The van der Waals surface area contributed by atoms with Gasteiger partial charge in [-0.1, -0.05) is 5.16 Å². The lowest BCUT2D eigenvalue weighted by molar-refractivity contribution is 0.0467. The Morgan fingerprint density at radius 2 is 1.87 bits per heavy atom. The number of nitrogens with zero attached hydrogens (tertiary/aromatic N) is 4. The van der Waals surface area contributed by atoms with Crippen molar-refractivity contribution in [2.45, 2.75) is 27.1 Å². The smallest absolute Gasteiger partial charge is 0.338 e. The SMILES string of the molecule is Cc1ccn2c(=O)cc(COC(=O)c3ccc(OCc4noc(C)n4)cc3)nc2c1. The molecule has 3 aromatic heterocycles. The highest BCUT2D eigenvalue weighted by Gasteiger charge is 2.10. The van der Waals surface area contributed by atoms with Gasteiger partial charge in [0.05, 0.1) is 11.3 Å². The van der Waals surface area contributed by atoms with Gasteiger partial charge in [-0.2, -0.15) is 4.98 Å². The molecule has 152 valence electrons. The monoisotopic (exact) mass is 406 g/mol. The molecule has 0 aliphatic rings. The lowest BCUT2D eigenvalue weighted by atomic mass is 10.2. The highest BCUT2D eigenvalue weighted by Crippen LogP contribution is 2.15. The van der Waals surface area contributed by atoms with E-state index in [4.69, 9.17) is 14.0 Å². The molecule has 0 aliphatic heterocycles. The zero-order chi connectivity index (χ0) is 21.1. The molecule has 4 rings (SSSR count). The summed E-state index contributed by atoms with van der Waals surface area (Å²) in [6.45, 7) is 3.66. The Balaban J connectivity index is 1.38. The summed E-state index contributed by atoms with van der Waals surface area (Å²) in [4.78, 5) is 32.9. The van der Waals surface area contributed by atoms with E-state index in [0.717, 1.165) is 5.56 Å². The highest BCUT2D eigenvalue weighted by atomic mass is 16.5.